The number of benzene rings is 2. The monoisotopic (exact) mass is 441 g/mol. The second-order valence-electron chi connectivity index (χ2n) is 7.42. The van der Waals surface area contributed by atoms with Crippen LogP contribution in [0.2, 0.25) is 10.0 Å². The summed E-state index contributed by atoms with van der Waals surface area (Å²) in [6.07, 6.45) is 3.77. The van der Waals surface area contributed by atoms with E-state index >= 15 is 0 Å². The van der Waals surface area contributed by atoms with Gasteiger partial charge < -0.3 is 4.74 Å². The van der Waals surface area contributed by atoms with Crippen LogP contribution in [0.25, 0.3) is 0 Å². The lowest BCUT2D eigenvalue weighted by Gasteiger charge is -2.38. The van der Waals surface area contributed by atoms with Crippen molar-refractivity contribution < 1.29 is 14.3 Å². The van der Waals surface area contributed by atoms with Crippen molar-refractivity contribution in [1.29, 1.82) is 0 Å². The molecular weight excluding hydrogens is 421 g/mol. The number of halogens is 2. The third-order valence-corrected chi connectivity index (χ3v) is 5.87. The molecule has 1 aliphatic carbocycles. The molecule has 154 valence electrons. The Hall–Kier alpha value is -2.56. The Labute approximate surface area is 185 Å². The molecule has 2 aromatic carbocycles. The van der Waals surface area contributed by atoms with Crippen LogP contribution in [0.15, 0.2) is 66.4 Å². The maximum atomic E-state index is 13.2. The van der Waals surface area contributed by atoms with Gasteiger partial charge in [-0.15, -0.1) is 0 Å². The fourth-order valence-corrected chi connectivity index (χ4v) is 4.71. The number of amides is 1. The standard InChI is InChI=1S/C24H21Cl2NO3/c1-2-10-30-19-8-6-15(7-9-19)20-14-23(29)27(18-12-16(25)11-17(26)13-18)21-4-3-5-22(28)24(20)21/h2,6-9,11-13,20H,1,3-5,10,14H2. The number of hydrogen-bond acceptors (Lipinski definition) is 3. The number of carbonyl (C=O) groups is 2. The largest absolute Gasteiger partial charge is 0.490 e. The molecule has 1 amide bonds. The van der Waals surface area contributed by atoms with Crippen LogP contribution in [0.3, 0.4) is 0 Å². The lowest BCUT2D eigenvalue weighted by atomic mass is 9.77. The molecule has 4 nitrogen and oxygen atoms in total. The van der Waals surface area contributed by atoms with Crippen molar-refractivity contribution >= 4 is 40.6 Å². The molecule has 0 fully saturated rings. The molecule has 2 aromatic rings. The minimum atomic E-state index is -0.264. The van der Waals surface area contributed by atoms with Crippen molar-refractivity contribution in [3.63, 3.8) is 0 Å². The third-order valence-electron chi connectivity index (χ3n) is 5.43. The summed E-state index contributed by atoms with van der Waals surface area (Å²) in [5.41, 5.74) is 3.02. The van der Waals surface area contributed by atoms with Crippen LogP contribution in [0.5, 0.6) is 5.75 Å². The van der Waals surface area contributed by atoms with Crippen LogP contribution in [-0.4, -0.2) is 18.3 Å². The van der Waals surface area contributed by atoms with E-state index in [1.165, 1.54) is 0 Å². The van der Waals surface area contributed by atoms with Gasteiger partial charge >= 0.3 is 0 Å². The quantitative estimate of drug-likeness (QED) is 0.527. The molecule has 0 saturated heterocycles. The van der Waals surface area contributed by atoms with Crippen molar-refractivity contribution in [2.45, 2.75) is 31.6 Å². The number of anilines is 1. The molecule has 4 rings (SSSR count). The minimum absolute atomic E-state index is 0.0706. The van der Waals surface area contributed by atoms with Gasteiger partial charge in [0.15, 0.2) is 5.78 Å². The maximum absolute atomic E-state index is 13.2. The molecule has 0 radical (unpaired) electrons. The van der Waals surface area contributed by atoms with Gasteiger partial charge in [-0.25, -0.2) is 0 Å². The zero-order chi connectivity index (χ0) is 21.3. The molecule has 0 aromatic heterocycles. The van der Waals surface area contributed by atoms with Gasteiger partial charge in [0.2, 0.25) is 5.91 Å². The highest BCUT2D eigenvalue weighted by Crippen LogP contribution is 2.44. The molecule has 0 N–H and O–H groups in total. The molecule has 1 aliphatic heterocycles. The van der Waals surface area contributed by atoms with Gasteiger partial charge in [0, 0.05) is 40.1 Å². The zero-order valence-corrected chi connectivity index (χ0v) is 17.9. The number of allylic oxidation sites excluding steroid dienone is 2. The van der Waals surface area contributed by atoms with E-state index in [1.807, 2.05) is 24.3 Å². The van der Waals surface area contributed by atoms with E-state index in [0.717, 1.165) is 29.0 Å². The van der Waals surface area contributed by atoms with Gasteiger partial charge in [-0.3, -0.25) is 14.5 Å². The van der Waals surface area contributed by atoms with Gasteiger partial charge in [-0.1, -0.05) is 48.0 Å². The Bertz CT molecular complexity index is 1020. The molecule has 30 heavy (non-hydrogen) atoms. The zero-order valence-electron chi connectivity index (χ0n) is 16.4. The number of carbonyl (C=O) groups excluding carboxylic acids is 2. The van der Waals surface area contributed by atoms with Gasteiger partial charge in [0.25, 0.3) is 0 Å². The van der Waals surface area contributed by atoms with Crippen molar-refractivity contribution in [3.05, 3.63) is 82.0 Å². The Morgan fingerprint density at radius 3 is 2.43 bits per heavy atom. The van der Waals surface area contributed by atoms with Crippen molar-refractivity contribution in [2.24, 2.45) is 0 Å². The van der Waals surface area contributed by atoms with E-state index < -0.39 is 0 Å². The number of rotatable bonds is 5. The molecule has 2 aliphatic rings. The Balaban J connectivity index is 1.76. The average molecular weight is 442 g/mol. The van der Waals surface area contributed by atoms with E-state index in [1.54, 1.807) is 29.2 Å². The van der Waals surface area contributed by atoms with Crippen molar-refractivity contribution in [2.75, 3.05) is 11.5 Å². The number of Topliss-reactive ketones (excluding diaryl/α,β-unsaturated/α-hetero) is 1. The normalized spacial score (nSPS) is 19.0. The highest BCUT2D eigenvalue weighted by Gasteiger charge is 2.39. The summed E-state index contributed by atoms with van der Waals surface area (Å²) in [6, 6.07) is 12.6. The van der Waals surface area contributed by atoms with Crippen LogP contribution < -0.4 is 9.64 Å². The predicted molar refractivity (Wildman–Crippen MR) is 119 cm³/mol. The summed E-state index contributed by atoms with van der Waals surface area (Å²) in [7, 11) is 0. The molecule has 0 saturated carbocycles. The Morgan fingerprint density at radius 2 is 1.77 bits per heavy atom. The fraction of sp³-hybridized carbons (Fsp3) is 0.250. The van der Waals surface area contributed by atoms with E-state index in [9.17, 15) is 9.59 Å². The summed E-state index contributed by atoms with van der Waals surface area (Å²) in [4.78, 5) is 27.8. The van der Waals surface area contributed by atoms with E-state index in [2.05, 4.69) is 6.58 Å². The SMILES string of the molecule is C=CCOc1ccc(C2CC(=O)N(c3cc(Cl)cc(Cl)c3)C3=C2C(=O)CCC3)cc1. The first-order valence-electron chi connectivity index (χ1n) is 9.87. The Kier molecular flexibility index (Phi) is 5.98. The van der Waals surface area contributed by atoms with Crippen LogP contribution in [0.1, 0.15) is 37.2 Å². The maximum Gasteiger partial charge on any atom is 0.232 e. The topological polar surface area (TPSA) is 46.6 Å². The predicted octanol–water partition coefficient (Wildman–Crippen LogP) is 6.09. The van der Waals surface area contributed by atoms with Crippen molar-refractivity contribution in [3.8, 4) is 5.75 Å². The first-order valence-corrected chi connectivity index (χ1v) is 10.6. The van der Waals surface area contributed by atoms with E-state index in [-0.39, 0.29) is 24.0 Å². The number of ketones is 1. The number of ether oxygens (including phenoxy) is 1. The molecule has 1 unspecified atom stereocenters. The van der Waals surface area contributed by atoms with E-state index in [0.29, 0.717) is 35.2 Å². The molecular formula is C24H21Cl2NO3. The second kappa shape index (κ2) is 8.66. The number of nitrogens with zero attached hydrogens (tertiary/aromatic N) is 1. The summed E-state index contributed by atoms with van der Waals surface area (Å²) in [5.74, 6) is 0.484. The molecule has 6 heteroatoms. The van der Waals surface area contributed by atoms with Crippen LogP contribution in [0.4, 0.5) is 5.69 Å². The highest BCUT2D eigenvalue weighted by molar-refractivity contribution is 6.35. The molecule has 1 heterocycles. The van der Waals surface area contributed by atoms with Gasteiger partial charge in [0.05, 0.1) is 5.69 Å². The lowest BCUT2D eigenvalue weighted by Crippen LogP contribution is -2.40. The van der Waals surface area contributed by atoms with Gasteiger partial charge in [-0.05, 0) is 48.7 Å². The van der Waals surface area contributed by atoms with Gasteiger partial charge in [-0.2, -0.15) is 0 Å². The summed E-state index contributed by atoms with van der Waals surface area (Å²) >= 11 is 12.3. The summed E-state index contributed by atoms with van der Waals surface area (Å²) < 4.78 is 5.55. The Morgan fingerprint density at radius 1 is 1.07 bits per heavy atom. The van der Waals surface area contributed by atoms with E-state index in [4.69, 9.17) is 27.9 Å². The first kappa shape index (κ1) is 20.7. The smallest absolute Gasteiger partial charge is 0.232 e. The highest BCUT2D eigenvalue weighted by atomic mass is 35.5. The van der Waals surface area contributed by atoms with Crippen LogP contribution in [-0.2, 0) is 9.59 Å². The first-order chi connectivity index (χ1) is 14.5. The summed E-state index contributed by atoms with van der Waals surface area (Å²) in [6.45, 7) is 4.07. The molecule has 0 bridgehead atoms. The third kappa shape index (κ3) is 4.03. The lowest BCUT2D eigenvalue weighted by molar-refractivity contribution is -0.119. The summed E-state index contributed by atoms with van der Waals surface area (Å²) in [5, 5.41) is 0.902. The van der Waals surface area contributed by atoms with Crippen LogP contribution >= 0.6 is 23.2 Å². The molecule has 0 spiro atoms. The van der Waals surface area contributed by atoms with Crippen LogP contribution in [0, 0.1) is 0 Å². The van der Waals surface area contributed by atoms with Gasteiger partial charge in [0.1, 0.15) is 12.4 Å². The fourth-order valence-electron chi connectivity index (χ4n) is 4.20. The number of hydrogen-bond donors (Lipinski definition) is 0. The molecule has 1 atom stereocenters. The minimum Gasteiger partial charge on any atom is -0.490 e. The van der Waals surface area contributed by atoms with Crippen molar-refractivity contribution in [1.82, 2.24) is 0 Å². The average Bonchev–Trinajstić information content (AvgIpc) is 2.71. The second-order valence-corrected chi connectivity index (χ2v) is 8.29.